The van der Waals surface area contributed by atoms with E-state index >= 15 is 0 Å². The maximum Gasteiger partial charge on any atom is 0.223 e. The summed E-state index contributed by atoms with van der Waals surface area (Å²) in [6.45, 7) is 1.21. The standard InChI is InChI=1S/C18H22N2O/c19-11-14-7-4-10-17(14)18(21)20-12-15-8-3-6-13-5-1-2-9-16(13)15/h1-3,5-6,8-9,14,17H,4,7,10-12,19H2,(H,20,21). The summed E-state index contributed by atoms with van der Waals surface area (Å²) in [5.41, 5.74) is 6.93. The van der Waals surface area contributed by atoms with Crippen LogP contribution in [0.25, 0.3) is 10.8 Å². The molecule has 3 nitrogen and oxygen atoms in total. The molecule has 0 bridgehead atoms. The number of nitrogens with two attached hydrogens (primary N) is 1. The number of rotatable bonds is 4. The number of fused-ring (bicyclic) bond motifs is 1. The largest absolute Gasteiger partial charge is 0.352 e. The lowest BCUT2D eigenvalue weighted by Crippen LogP contribution is -2.34. The summed E-state index contributed by atoms with van der Waals surface area (Å²) in [7, 11) is 0. The van der Waals surface area contributed by atoms with Crippen LogP contribution in [0.4, 0.5) is 0 Å². The molecule has 2 aromatic carbocycles. The highest BCUT2D eigenvalue weighted by atomic mass is 16.1. The summed E-state index contributed by atoms with van der Waals surface area (Å²) in [5, 5.41) is 5.53. The molecule has 0 heterocycles. The minimum absolute atomic E-state index is 0.102. The first kappa shape index (κ1) is 14.1. The average molecular weight is 282 g/mol. The Labute approximate surface area is 125 Å². The number of benzene rings is 2. The molecule has 110 valence electrons. The van der Waals surface area contributed by atoms with Crippen molar-refractivity contribution in [1.29, 1.82) is 0 Å². The van der Waals surface area contributed by atoms with E-state index < -0.39 is 0 Å². The molecule has 2 atom stereocenters. The van der Waals surface area contributed by atoms with E-state index in [0.717, 1.165) is 19.3 Å². The van der Waals surface area contributed by atoms with Crippen molar-refractivity contribution in [2.45, 2.75) is 25.8 Å². The lowest BCUT2D eigenvalue weighted by molar-refractivity contribution is -0.126. The van der Waals surface area contributed by atoms with Crippen molar-refractivity contribution in [3.8, 4) is 0 Å². The van der Waals surface area contributed by atoms with E-state index in [2.05, 4.69) is 29.6 Å². The van der Waals surface area contributed by atoms with Gasteiger partial charge in [-0.3, -0.25) is 4.79 Å². The van der Waals surface area contributed by atoms with Gasteiger partial charge in [-0.05, 0) is 41.6 Å². The Morgan fingerprint density at radius 3 is 2.81 bits per heavy atom. The average Bonchev–Trinajstić information content (AvgIpc) is 3.01. The van der Waals surface area contributed by atoms with E-state index in [1.165, 1.54) is 16.3 Å². The van der Waals surface area contributed by atoms with Gasteiger partial charge in [0.15, 0.2) is 0 Å². The first-order chi connectivity index (χ1) is 10.3. The number of nitrogens with one attached hydrogen (secondary N) is 1. The molecule has 3 N–H and O–H groups in total. The third-order valence-electron chi connectivity index (χ3n) is 4.63. The quantitative estimate of drug-likeness (QED) is 0.906. The smallest absolute Gasteiger partial charge is 0.223 e. The van der Waals surface area contributed by atoms with Crippen molar-refractivity contribution in [1.82, 2.24) is 5.32 Å². The van der Waals surface area contributed by atoms with E-state index in [1.807, 2.05) is 18.2 Å². The van der Waals surface area contributed by atoms with Crippen LogP contribution in [0.5, 0.6) is 0 Å². The summed E-state index contributed by atoms with van der Waals surface area (Å²) in [4.78, 5) is 12.4. The molecule has 0 spiro atoms. The highest BCUT2D eigenvalue weighted by molar-refractivity contribution is 5.86. The Balaban J connectivity index is 1.70. The molecular formula is C18H22N2O. The van der Waals surface area contributed by atoms with Gasteiger partial charge < -0.3 is 11.1 Å². The van der Waals surface area contributed by atoms with Gasteiger partial charge in [0, 0.05) is 12.5 Å². The predicted molar refractivity (Wildman–Crippen MR) is 85.7 cm³/mol. The number of carbonyl (C=O) groups excluding carboxylic acids is 1. The van der Waals surface area contributed by atoms with Crippen LogP contribution in [0, 0.1) is 11.8 Å². The van der Waals surface area contributed by atoms with E-state index in [9.17, 15) is 4.79 Å². The van der Waals surface area contributed by atoms with Gasteiger partial charge in [0.2, 0.25) is 5.91 Å². The molecule has 21 heavy (non-hydrogen) atoms. The Morgan fingerprint density at radius 2 is 1.95 bits per heavy atom. The molecule has 3 rings (SSSR count). The second-order valence-corrected chi connectivity index (χ2v) is 5.89. The van der Waals surface area contributed by atoms with E-state index in [-0.39, 0.29) is 11.8 Å². The zero-order valence-electron chi connectivity index (χ0n) is 12.2. The Morgan fingerprint density at radius 1 is 1.14 bits per heavy atom. The molecule has 1 aliphatic carbocycles. The van der Waals surface area contributed by atoms with Crippen molar-refractivity contribution in [3.63, 3.8) is 0 Å². The van der Waals surface area contributed by atoms with Crippen LogP contribution in [0.2, 0.25) is 0 Å². The van der Waals surface area contributed by atoms with Crippen LogP contribution >= 0.6 is 0 Å². The van der Waals surface area contributed by atoms with Gasteiger partial charge in [-0.2, -0.15) is 0 Å². The van der Waals surface area contributed by atoms with Gasteiger partial charge in [0.05, 0.1) is 0 Å². The molecule has 0 aliphatic heterocycles. The van der Waals surface area contributed by atoms with Gasteiger partial charge in [0.1, 0.15) is 0 Å². The molecule has 0 saturated heterocycles. The molecule has 1 amide bonds. The Hall–Kier alpha value is -1.87. The summed E-state index contributed by atoms with van der Waals surface area (Å²) in [6, 6.07) is 14.5. The number of hydrogen-bond donors (Lipinski definition) is 2. The lowest BCUT2D eigenvalue weighted by Gasteiger charge is -2.17. The van der Waals surface area contributed by atoms with Gasteiger partial charge in [0.25, 0.3) is 0 Å². The van der Waals surface area contributed by atoms with Crippen LogP contribution < -0.4 is 11.1 Å². The van der Waals surface area contributed by atoms with E-state index in [4.69, 9.17) is 5.73 Å². The van der Waals surface area contributed by atoms with Gasteiger partial charge in [-0.25, -0.2) is 0 Å². The van der Waals surface area contributed by atoms with Gasteiger partial charge >= 0.3 is 0 Å². The number of hydrogen-bond acceptors (Lipinski definition) is 2. The van der Waals surface area contributed by atoms with Crippen molar-refractivity contribution < 1.29 is 4.79 Å². The molecule has 0 aromatic heterocycles. The second kappa shape index (κ2) is 6.27. The summed E-state index contributed by atoms with van der Waals surface area (Å²) >= 11 is 0. The highest BCUT2D eigenvalue weighted by Crippen LogP contribution is 2.31. The number of carbonyl (C=O) groups is 1. The Kier molecular flexibility index (Phi) is 4.20. The summed E-state index contributed by atoms with van der Waals surface area (Å²) in [5.74, 6) is 0.623. The van der Waals surface area contributed by atoms with E-state index in [1.54, 1.807) is 0 Å². The minimum atomic E-state index is 0.102. The molecule has 2 unspecified atom stereocenters. The topological polar surface area (TPSA) is 55.1 Å². The van der Waals surface area contributed by atoms with Crippen molar-refractivity contribution in [2.75, 3.05) is 6.54 Å². The SMILES string of the molecule is NCC1CCCC1C(=O)NCc1cccc2ccccc12. The zero-order valence-corrected chi connectivity index (χ0v) is 12.2. The first-order valence-corrected chi connectivity index (χ1v) is 7.74. The molecular weight excluding hydrogens is 260 g/mol. The molecule has 0 radical (unpaired) electrons. The summed E-state index contributed by atoms with van der Waals surface area (Å²) < 4.78 is 0. The third kappa shape index (κ3) is 2.93. The molecule has 1 fully saturated rings. The Bertz CT molecular complexity index is 633. The maximum atomic E-state index is 12.4. The maximum absolute atomic E-state index is 12.4. The third-order valence-corrected chi connectivity index (χ3v) is 4.63. The van der Waals surface area contributed by atoms with Gasteiger partial charge in [-0.1, -0.05) is 48.9 Å². The molecule has 1 saturated carbocycles. The predicted octanol–water partition coefficient (Wildman–Crippen LogP) is 2.83. The van der Waals surface area contributed by atoms with Crippen LogP contribution in [0.15, 0.2) is 42.5 Å². The van der Waals surface area contributed by atoms with Crippen LogP contribution in [0.1, 0.15) is 24.8 Å². The molecule has 1 aliphatic rings. The minimum Gasteiger partial charge on any atom is -0.352 e. The fraction of sp³-hybridized carbons (Fsp3) is 0.389. The molecule has 3 heteroatoms. The summed E-state index contributed by atoms with van der Waals surface area (Å²) in [6.07, 6.45) is 3.18. The van der Waals surface area contributed by atoms with Crippen molar-refractivity contribution >= 4 is 16.7 Å². The van der Waals surface area contributed by atoms with Crippen molar-refractivity contribution in [3.05, 3.63) is 48.0 Å². The fourth-order valence-corrected chi connectivity index (χ4v) is 3.42. The zero-order chi connectivity index (χ0) is 14.7. The van der Waals surface area contributed by atoms with Gasteiger partial charge in [-0.15, -0.1) is 0 Å². The first-order valence-electron chi connectivity index (χ1n) is 7.74. The van der Waals surface area contributed by atoms with Crippen LogP contribution in [-0.4, -0.2) is 12.5 Å². The second-order valence-electron chi connectivity index (χ2n) is 5.89. The number of amides is 1. The van der Waals surface area contributed by atoms with Crippen LogP contribution in [-0.2, 0) is 11.3 Å². The fourth-order valence-electron chi connectivity index (χ4n) is 3.42. The lowest BCUT2D eigenvalue weighted by atomic mass is 9.95. The normalized spacial score (nSPS) is 21.6. The van der Waals surface area contributed by atoms with E-state index in [0.29, 0.717) is 19.0 Å². The van der Waals surface area contributed by atoms with Crippen molar-refractivity contribution in [2.24, 2.45) is 17.6 Å². The highest BCUT2D eigenvalue weighted by Gasteiger charge is 2.31. The monoisotopic (exact) mass is 282 g/mol. The molecule has 2 aromatic rings. The van der Waals surface area contributed by atoms with Crippen LogP contribution in [0.3, 0.4) is 0 Å².